The number of aromatic nitrogens is 1. The molecule has 0 saturated heterocycles. The van der Waals surface area contributed by atoms with E-state index in [4.69, 9.17) is 0 Å². The van der Waals surface area contributed by atoms with Gasteiger partial charge in [-0.2, -0.15) is 0 Å². The Bertz CT molecular complexity index is 919. The first-order valence-electron chi connectivity index (χ1n) is 5.97. The van der Waals surface area contributed by atoms with E-state index < -0.39 is 23.0 Å². The summed E-state index contributed by atoms with van der Waals surface area (Å²) in [6.07, 6.45) is 0. The first kappa shape index (κ1) is 13.2. The van der Waals surface area contributed by atoms with E-state index in [1.165, 1.54) is 12.1 Å². The highest BCUT2D eigenvalue weighted by molar-refractivity contribution is 5.92. The van der Waals surface area contributed by atoms with Gasteiger partial charge in [-0.3, -0.25) is 4.79 Å². The summed E-state index contributed by atoms with van der Waals surface area (Å²) in [4.78, 5) is 14.3. The van der Waals surface area contributed by atoms with Gasteiger partial charge in [0, 0.05) is 10.9 Å². The molecule has 0 amide bonds. The predicted molar refractivity (Wildman–Crippen MR) is 71.5 cm³/mol. The first-order valence-corrected chi connectivity index (χ1v) is 5.97. The number of aromatic amines is 1. The van der Waals surface area contributed by atoms with Crippen LogP contribution >= 0.6 is 0 Å². The molecule has 2 aromatic carbocycles. The molecule has 1 heterocycles. The molecule has 0 bridgehead atoms. The third-order valence-corrected chi connectivity index (χ3v) is 3.16. The minimum Gasteiger partial charge on any atom is -0.505 e. The number of fused-ring (bicyclic) bond motifs is 1. The normalized spacial score (nSPS) is 11.0. The molecule has 0 radical (unpaired) electrons. The third kappa shape index (κ3) is 2.14. The van der Waals surface area contributed by atoms with E-state index >= 15 is 0 Å². The fourth-order valence-corrected chi connectivity index (χ4v) is 2.15. The maximum Gasteiger partial charge on any atom is 0.256 e. The van der Waals surface area contributed by atoms with Crippen LogP contribution in [0.15, 0.2) is 41.2 Å². The molecule has 0 spiro atoms. The van der Waals surface area contributed by atoms with Gasteiger partial charge < -0.3 is 10.1 Å². The van der Waals surface area contributed by atoms with Crippen molar-refractivity contribution >= 4 is 10.8 Å². The van der Waals surface area contributed by atoms with E-state index in [0.717, 1.165) is 24.3 Å². The van der Waals surface area contributed by atoms with E-state index in [-0.39, 0.29) is 27.8 Å². The average Bonchev–Trinajstić information content (AvgIpc) is 2.46. The smallest absolute Gasteiger partial charge is 0.256 e. The van der Waals surface area contributed by atoms with Crippen LogP contribution in [0.25, 0.3) is 22.0 Å². The lowest BCUT2D eigenvalue weighted by Gasteiger charge is -2.08. The Kier molecular flexibility index (Phi) is 2.94. The molecular weight excluding hydrogens is 283 g/mol. The summed E-state index contributed by atoms with van der Waals surface area (Å²) >= 11 is 0. The van der Waals surface area contributed by atoms with E-state index in [2.05, 4.69) is 4.98 Å². The zero-order chi connectivity index (χ0) is 15.1. The summed E-state index contributed by atoms with van der Waals surface area (Å²) < 4.78 is 39.3. The summed E-state index contributed by atoms with van der Waals surface area (Å²) in [5.74, 6) is -3.10. The lowest BCUT2D eigenvalue weighted by molar-refractivity contribution is 0.480. The fraction of sp³-hybridized carbons (Fsp3) is 0. The van der Waals surface area contributed by atoms with Crippen molar-refractivity contribution in [2.45, 2.75) is 0 Å². The van der Waals surface area contributed by atoms with Gasteiger partial charge in [-0.1, -0.05) is 0 Å². The predicted octanol–water partition coefficient (Wildman–Crippen LogP) is 3.32. The van der Waals surface area contributed by atoms with Crippen molar-refractivity contribution in [2.24, 2.45) is 0 Å². The summed E-state index contributed by atoms with van der Waals surface area (Å²) in [6.45, 7) is 0. The van der Waals surface area contributed by atoms with Gasteiger partial charge in [-0.05, 0) is 36.4 Å². The van der Waals surface area contributed by atoms with Gasteiger partial charge in [0.2, 0.25) is 0 Å². The Morgan fingerprint density at radius 2 is 1.67 bits per heavy atom. The Hall–Kier alpha value is -2.76. The van der Waals surface area contributed by atoms with Crippen LogP contribution in [-0.4, -0.2) is 10.1 Å². The molecule has 0 unspecified atom stereocenters. The number of nitrogens with one attached hydrogen (secondary N) is 1. The maximum absolute atomic E-state index is 13.3. The van der Waals surface area contributed by atoms with Crippen molar-refractivity contribution in [2.75, 3.05) is 0 Å². The van der Waals surface area contributed by atoms with Crippen LogP contribution in [0.1, 0.15) is 0 Å². The van der Waals surface area contributed by atoms with Gasteiger partial charge >= 0.3 is 0 Å². The van der Waals surface area contributed by atoms with Gasteiger partial charge in [-0.25, -0.2) is 13.2 Å². The maximum atomic E-state index is 13.3. The molecule has 0 aliphatic rings. The van der Waals surface area contributed by atoms with Crippen molar-refractivity contribution < 1.29 is 18.3 Å². The van der Waals surface area contributed by atoms with Gasteiger partial charge in [0.05, 0.1) is 11.1 Å². The molecular formula is C15H8F3NO2. The topological polar surface area (TPSA) is 53.1 Å². The molecule has 0 fully saturated rings. The molecule has 21 heavy (non-hydrogen) atoms. The fourth-order valence-electron chi connectivity index (χ4n) is 2.15. The van der Waals surface area contributed by atoms with Gasteiger partial charge in [0.15, 0.2) is 11.6 Å². The van der Waals surface area contributed by atoms with Crippen LogP contribution in [0.5, 0.6) is 5.75 Å². The Balaban J connectivity index is 2.33. The Morgan fingerprint density at radius 1 is 0.905 bits per heavy atom. The minimum atomic E-state index is -1.10. The Morgan fingerprint density at radius 3 is 2.38 bits per heavy atom. The van der Waals surface area contributed by atoms with Crippen LogP contribution in [0, 0.1) is 17.5 Å². The van der Waals surface area contributed by atoms with Crippen LogP contribution in [0.2, 0.25) is 0 Å². The molecule has 6 heteroatoms. The van der Waals surface area contributed by atoms with Gasteiger partial charge in [0.1, 0.15) is 11.6 Å². The Labute approximate surface area is 116 Å². The van der Waals surface area contributed by atoms with Crippen LogP contribution in [0.3, 0.4) is 0 Å². The number of H-pyrrole nitrogens is 1. The summed E-state index contributed by atoms with van der Waals surface area (Å²) in [5, 5.41) is 10.3. The lowest BCUT2D eigenvalue weighted by Crippen LogP contribution is -2.08. The quantitative estimate of drug-likeness (QED) is 0.722. The highest BCUT2D eigenvalue weighted by atomic mass is 19.2. The molecule has 3 rings (SSSR count). The summed E-state index contributed by atoms with van der Waals surface area (Å²) in [5.41, 5.74) is -0.588. The molecule has 0 aliphatic carbocycles. The number of halogens is 3. The number of hydrogen-bond donors (Lipinski definition) is 2. The minimum absolute atomic E-state index is 0.0289. The SMILES string of the molecule is O=c1[nH]c(-c2ccc(F)c(F)c2)c(O)c2ccc(F)cc12. The second-order valence-corrected chi connectivity index (χ2v) is 4.50. The van der Waals surface area contributed by atoms with Crippen molar-refractivity contribution in [1.29, 1.82) is 0 Å². The highest BCUT2D eigenvalue weighted by Gasteiger charge is 2.14. The number of pyridine rings is 1. The highest BCUT2D eigenvalue weighted by Crippen LogP contribution is 2.32. The number of rotatable bonds is 1. The molecule has 0 saturated carbocycles. The van der Waals surface area contributed by atoms with Crippen LogP contribution in [0.4, 0.5) is 13.2 Å². The molecule has 1 aromatic heterocycles. The van der Waals surface area contributed by atoms with Crippen LogP contribution in [-0.2, 0) is 0 Å². The van der Waals surface area contributed by atoms with E-state index in [0.29, 0.717) is 0 Å². The number of hydrogen-bond acceptors (Lipinski definition) is 2. The molecule has 3 aromatic rings. The molecule has 0 aliphatic heterocycles. The molecule has 2 N–H and O–H groups in total. The third-order valence-electron chi connectivity index (χ3n) is 3.16. The molecule has 106 valence electrons. The first-order chi connectivity index (χ1) is 9.97. The molecule has 0 atom stereocenters. The standard InChI is InChI=1S/C15H8F3NO2/c16-8-2-3-9-10(6-8)15(21)19-13(14(9)20)7-1-4-11(17)12(18)5-7/h1-6,20H,(H,19,21). The monoisotopic (exact) mass is 291 g/mol. The largest absolute Gasteiger partial charge is 0.505 e. The zero-order valence-corrected chi connectivity index (χ0v) is 10.5. The second-order valence-electron chi connectivity index (χ2n) is 4.50. The lowest BCUT2D eigenvalue weighted by atomic mass is 10.1. The zero-order valence-electron chi connectivity index (χ0n) is 10.5. The van der Waals surface area contributed by atoms with Crippen molar-refractivity contribution in [3.8, 4) is 17.0 Å². The van der Waals surface area contributed by atoms with Crippen molar-refractivity contribution in [1.82, 2.24) is 4.98 Å². The van der Waals surface area contributed by atoms with Gasteiger partial charge in [-0.15, -0.1) is 0 Å². The number of aromatic hydroxyl groups is 1. The van der Waals surface area contributed by atoms with Crippen molar-refractivity contribution in [3.05, 3.63) is 64.2 Å². The van der Waals surface area contributed by atoms with Crippen molar-refractivity contribution in [3.63, 3.8) is 0 Å². The number of benzene rings is 2. The average molecular weight is 291 g/mol. The summed E-state index contributed by atoms with van der Waals surface area (Å²) in [6, 6.07) is 6.30. The second kappa shape index (κ2) is 4.66. The van der Waals surface area contributed by atoms with Crippen LogP contribution < -0.4 is 5.56 Å². The summed E-state index contributed by atoms with van der Waals surface area (Å²) in [7, 11) is 0. The van der Waals surface area contributed by atoms with E-state index in [1.54, 1.807) is 0 Å². The molecule has 3 nitrogen and oxygen atoms in total. The van der Waals surface area contributed by atoms with E-state index in [1.807, 2.05) is 0 Å². The van der Waals surface area contributed by atoms with Gasteiger partial charge in [0.25, 0.3) is 5.56 Å². The van der Waals surface area contributed by atoms with E-state index in [9.17, 15) is 23.1 Å².